The molecule has 1 heterocycles. The molecule has 1 aliphatic carbocycles. The van der Waals surface area contributed by atoms with Crippen LogP contribution in [0, 0.1) is 11.3 Å². The van der Waals surface area contributed by atoms with Crippen molar-refractivity contribution < 1.29 is 4.79 Å². The van der Waals surface area contributed by atoms with Crippen LogP contribution >= 0.6 is 0 Å². The summed E-state index contributed by atoms with van der Waals surface area (Å²) in [4.78, 5) is 14.6. The van der Waals surface area contributed by atoms with E-state index in [9.17, 15) is 4.79 Å². The van der Waals surface area contributed by atoms with E-state index in [1.54, 1.807) is 0 Å². The van der Waals surface area contributed by atoms with Gasteiger partial charge < -0.3 is 10.2 Å². The highest BCUT2D eigenvalue weighted by molar-refractivity contribution is 5.83. The Kier molecular flexibility index (Phi) is 3.76. The Bertz CT molecular complexity index is 284. The van der Waals surface area contributed by atoms with Crippen LogP contribution in [0.5, 0.6) is 0 Å². The summed E-state index contributed by atoms with van der Waals surface area (Å²) in [7, 11) is 2.01. The van der Waals surface area contributed by atoms with E-state index < -0.39 is 0 Å². The number of hydrogen-bond acceptors (Lipinski definition) is 2. The summed E-state index contributed by atoms with van der Waals surface area (Å²) in [5, 5.41) is 3.31. The van der Waals surface area contributed by atoms with Crippen molar-refractivity contribution in [3.05, 3.63) is 0 Å². The summed E-state index contributed by atoms with van der Waals surface area (Å²) in [5.41, 5.74) is -0.157. The Morgan fingerprint density at radius 2 is 2.18 bits per heavy atom. The van der Waals surface area contributed by atoms with Crippen molar-refractivity contribution in [2.45, 2.75) is 52.0 Å². The molecule has 2 aliphatic rings. The average Bonchev–Trinajstić information content (AvgIpc) is 2.75. The van der Waals surface area contributed by atoms with Gasteiger partial charge in [-0.15, -0.1) is 0 Å². The van der Waals surface area contributed by atoms with Gasteiger partial charge in [0.15, 0.2) is 0 Å². The van der Waals surface area contributed by atoms with Gasteiger partial charge in [0.2, 0.25) is 5.91 Å². The van der Waals surface area contributed by atoms with E-state index in [4.69, 9.17) is 0 Å². The SMILES string of the molecule is CC1CCCC(N(C)C(=O)C2(C)CCNC2)C1. The normalized spacial score (nSPS) is 38.1. The maximum absolute atomic E-state index is 12.6. The van der Waals surface area contributed by atoms with E-state index in [0.717, 1.165) is 25.4 Å². The minimum Gasteiger partial charge on any atom is -0.342 e. The molecule has 3 unspecified atom stereocenters. The van der Waals surface area contributed by atoms with E-state index >= 15 is 0 Å². The molecule has 2 fully saturated rings. The highest BCUT2D eigenvalue weighted by atomic mass is 16.2. The van der Waals surface area contributed by atoms with Gasteiger partial charge in [0.1, 0.15) is 0 Å². The smallest absolute Gasteiger partial charge is 0.229 e. The Morgan fingerprint density at radius 1 is 1.41 bits per heavy atom. The zero-order valence-electron chi connectivity index (χ0n) is 11.5. The third-order valence-corrected chi connectivity index (χ3v) is 4.66. The van der Waals surface area contributed by atoms with Gasteiger partial charge in [-0.25, -0.2) is 0 Å². The Hall–Kier alpha value is -0.570. The highest BCUT2D eigenvalue weighted by Gasteiger charge is 2.40. The molecule has 0 radical (unpaired) electrons. The summed E-state index contributed by atoms with van der Waals surface area (Å²) in [6, 6.07) is 0.476. The zero-order valence-corrected chi connectivity index (χ0v) is 11.5. The summed E-state index contributed by atoms with van der Waals surface area (Å²) in [6.07, 6.45) is 5.97. The fraction of sp³-hybridized carbons (Fsp3) is 0.929. The third kappa shape index (κ3) is 2.65. The first kappa shape index (κ1) is 12.9. The largest absolute Gasteiger partial charge is 0.342 e. The van der Waals surface area contributed by atoms with Crippen molar-refractivity contribution >= 4 is 5.91 Å². The fourth-order valence-corrected chi connectivity index (χ4v) is 3.34. The maximum Gasteiger partial charge on any atom is 0.229 e. The zero-order chi connectivity index (χ0) is 12.5. The van der Waals surface area contributed by atoms with Crippen LogP contribution in [0.25, 0.3) is 0 Å². The first-order valence-corrected chi connectivity index (χ1v) is 7.01. The molecule has 3 nitrogen and oxygen atoms in total. The molecule has 2 rings (SSSR count). The van der Waals surface area contributed by atoms with Crippen molar-refractivity contribution in [2.24, 2.45) is 11.3 Å². The summed E-state index contributed by atoms with van der Waals surface area (Å²) in [5.74, 6) is 1.13. The van der Waals surface area contributed by atoms with Crippen LogP contribution in [-0.4, -0.2) is 37.0 Å². The topological polar surface area (TPSA) is 32.3 Å². The quantitative estimate of drug-likeness (QED) is 0.798. The Labute approximate surface area is 105 Å². The lowest BCUT2D eigenvalue weighted by Gasteiger charge is -2.38. The molecule has 0 aromatic heterocycles. The maximum atomic E-state index is 12.6. The van der Waals surface area contributed by atoms with E-state index in [1.807, 2.05) is 11.9 Å². The molecular formula is C14H26N2O. The van der Waals surface area contributed by atoms with Gasteiger partial charge in [-0.1, -0.05) is 19.8 Å². The number of carbonyl (C=O) groups excluding carboxylic acids is 1. The first-order chi connectivity index (χ1) is 8.03. The lowest BCUT2D eigenvalue weighted by molar-refractivity contribution is -0.141. The van der Waals surface area contributed by atoms with Crippen LogP contribution in [0.3, 0.4) is 0 Å². The second-order valence-corrected chi connectivity index (χ2v) is 6.33. The average molecular weight is 238 g/mol. The molecule has 1 aliphatic heterocycles. The van der Waals surface area contributed by atoms with Gasteiger partial charge in [-0.2, -0.15) is 0 Å². The third-order valence-electron chi connectivity index (χ3n) is 4.66. The molecule has 3 heteroatoms. The number of amides is 1. The van der Waals surface area contributed by atoms with E-state index in [-0.39, 0.29) is 5.41 Å². The highest BCUT2D eigenvalue weighted by Crippen LogP contribution is 2.32. The summed E-state index contributed by atoms with van der Waals surface area (Å²) < 4.78 is 0. The number of nitrogens with zero attached hydrogens (tertiary/aromatic N) is 1. The van der Waals surface area contributed by atoms with Gasteiger partial charge in [-0.3, -0.25) is 4.79 Å². The van der Waals surface area contributed by atoms with Gasteiger partial charge >= 0.3 is 0 Å². The van der Waals surface area contributed by atoms with E-state index in [1.165, 1.54) is 25.7 Å². The number of hydrogen-bond donors (Lipinski definition) is 1. The van der Waals surface area contributed by atoms with Crippen LogP contribution in [0.2, 0.25) is 0 Å². The molecule has 98 valence electrons. The van der Waals surface area contributed by atoms with Gasteiger partial charge in [0.25, 0.3) is 0 Å². The molecule has 17 heavy (non-hydrogen) atoms. The molecule has 1 saturated carbocycles. The van der Waals surface area contributed by atoms with Crippen LogP contribution < -0.4 is 5.32 Å². The predicted molar refractivity (Wildman–Crippen MR) is 69.8 cm³/mol. The first-order valence-electron chi connectivity index (χ1n) is 7.01. The summed E-state index contributed by atoms with van der Waals surface area (Å²) >= 11 is 0. The van der Waals surface area contributed by atoms with Crippen LogP contribution in [0.4, 0.5) is 0 Å². The molecule has 1 N–H and O–H groups in total. The molecule has 0 bridgehead atoms. The van der Waals surface area contributed by atoms with Crippen molar-refractivity contribution in [2.75, 3.05) is 20.1 Å². The van der Waals surface area contributed by atoms with Gasteiger partial charge in [-0.05, 0) is 38.6 Å². The molecular weight excluding hydrogens is 212 g/mol. The number of rotatable bonds is 2. The summed E-state index contributed by atoms with van der Waals surface area (Å²) in [6.45, 7) is 6.25. The van der Waals surface area contributed by atoms with Crippen molar-refractivity contribution in [1.29, 1.82) is 0 Å². The van der Waals surface area contributed by atoms with Gasteiger partial charge in [0, 0.05) is 19.6 Å². The molecule has 0 spiro atoms. The van der Waals surface area contributed by atoms with Crippen LogP contribution in [0.15, 0.2) is 0 Å². The Balaban J connectivity index is 1.98. The standard InChI is InChI=1S/C14H26N2O/c1-11-5-4-6-12(9-11)16(3)13(17)14(2)7-8-15-10-14/h11-12,15H,4-10H2,1-3H3. The monoisotopic (exact) mass is 238 g/mol. The van der Waals surface area contributed by atoms with Crippen molar-refractivity contribution in [3.63, 3.8) is 0 Å². The molecule has 1 saturated heterocycles. The fourth-order valence-electron chi connectivity index (χ4n) is 3.34. The number of nitrogens with one attached hydrogen (secondary N) is 1. The second kappa shape index (κ2) is 4.97. The van der Waals surface area contributed by atoms with Gasteiger partial charge in [0.05, 0.1) is 5.41 Å². The van der Waals surface area contributed by atoms with Crippen LogP contribution in [0.1, 0.15) is 46.0 Å². The van der Waals surface area contributed by atoms with Crippen LogP contribution in [-0.2, 0) is 4.79 Å². The molecule has 0 aromatic rings. The minimum atomic E-state index is -0.157. The second-order valence-electron chi connectivity index (χ2n) is 6.33. The molecule has 0 aromatic carbocycles. The van der Waals surface area contributed by atoms with Crippen molar-refractivity contribution in [3.8, 4) is 0 Å². The van der Waals surface area contributed by atoms with E-state index in [0.29, 0.717) is 11.9 Å². The molecule has 1 amide bonds. The predicted octanol–water partition coefficient (Wildman–Crippen LogP) is 2.02. The number of carbonyl (C=O) groups is 1. The Morgan fingerprint density at radius 3 is 2.76 bits per heavy atom. The van der Waals surface area contributed by atoms with Crippen molar-refractivity contribution in [1.82, 2.24) is 10.2 Å². The minimum absolute atomic E-state index is 0.157. The molecule has 3 atom stereocenters. The lowest BCUT2D eigenvalue weighted by atomic mass is 9.83. The lowest BCUT2D eigenvalue weighted by Crippen LogP contribution is -2.47. The van der Waals surface area contributed by atoms with E-state index in [2.05, 4.69) is 19.2 Å².